The normalized spacial score (nSPS) is 12.4. The van der Waals surface area contributed by atoms with Crippen LogP contribution in [-0.2, 0) is 28.6 Å². The summed E-state index contributed by atoms with van der Waals surface area (Å²) < 4.78 is 16.9. The first-order valence-electron chi connectivity index (χ1n) is 31.8. The van der Waals surface area contributed by atoms with Gasteiger partial charge in [-0.05, 0) is 57.8 Å². The number of carbonyl (C=O) groups excluding carboxylic acids is 3. The fourth-order valence-electron chi connectivity index (χ4n) is 9.25. The predicted molar refractivity (Wildman–Crippen MR) is 316 cm³/mol. The first-order chi connectivity index (χ1) is 36.0. The average molecular weight is 1020 g/mol. The van der Waals surface area contributed by atoms with Crippen molar-refractivity contribution >= 4 is 17.9 Å². The number of rotatable bonds is 58. The van der Waals surface area contributed by atoms with Crippen molar-refractivity contribution < 1.29 is 28.6 Å². The molecule has 0 saturated carbocycles. The molecule has 0 aliphatic carbocycles. The summed E-state index contributed by atoms with van der Waals surface area (Å²) >= 11 is 0. The Morgan fingerprint density at radius 2 is 0.521 bits per heavy atom. The first kappa shape index (κ1) is 70.1. The van der Waals surface area contributed by atoms with Crippen LogP contribution in [0.15, 0.2) is 60.8 Å². The van der Waals surface area contributed by atoms with Crippen LogP contribution in [0.2, 0.25) is 0 Å². The van der Waals surface area contributed by atoms with Crippen molar-refractivity contribution in [3.05, 3.63) is 60.8 Å². The molecule has 424 valence electrons. The molecule has 0 heterocycles. The minimum absolute atomic E-state index is 0.0923. The van der Waals surface area contributed by atoms with Crippen molar-refractivity contribution in [2.75, 3.05) is 13.2 Å². The lowest BCUT2D eigenvalue weighted by molar-refractivity contribution is -0.166. The molecule has 6 nitrogen and oxygen atoms in total. The summed E-state index contributed by atoms with van der Waals surface area (Å²) in [7, 11) is 0. The molecule has 0 saturated heterocycles. The van der Waals surface area contributed by atoms with Gasteiger partial charge in [0.2, 0.25) is 0 Å². The Labute approximate surface area is 453 Å². The number of esters is 3. The lowest BCUT2D eigenvalue weighted by atomic mass is 10.0. The van der Waals surface area contributed by atoms with Crippen LogP contribution in [0.25, 0.3) is 0 Å². The van der Waals surface area contributed by atoms with Gasteiger partial charge in [-0.1, -0.05) is 313 Å². The zero-order valence-corrected chi connectivity index (χ0v) is 48.7. The Morgan fingerprint density at radius 3 is 0.849 bits per heavy atom. The topological polar surface area (TPSA) is 78.9 Å². The molecule has 73 heavy (non-hydrogen) atoms. The molecule has 0 amide bonds. The van der Waals surface area contributed by atoms with E-state index in [-0.39, 0.29) is 37.5 Å². The van der Waals surface area contributed by atoms with E-state index in [9.17, 15) is 14.4 Å². The summed E-state index contributed by atoms with van der Waals surface area (Å²) in [4.78, 5) is 38.3. The zero-order chi connectivity index (χ0) is 52.9. The fraction of sp³-hybridized carbons (Fsp3) is 0.806. The van der Waals surface area contributed by atoms with Gasteiger partial charge in [0, 0.05) is 19.3 Å². The maximum absolute atomic E-state index is 12.9. The molecule has 0 N–H and O–H groups in total. The van der Waals surface area contributed by atoms with Gasteiger partial charge in [-0.25, -0.2) is 0 Å². The maximum atomic E-state index is 12.9. The molecule has 6 heteroatoms. The number of allylic oxidation sites excluding steroid dienone is 10. The summed E-state index contributed by atoms with van der Waals surface area (Å²) in [5.41, 5.74) is 0. The summed E-state index contributed by atoms with van der Waals surface area (Å²) in [6, 6.07) is 0. The van der Waals surface area contributed by atoms with Crippen LogP contribution in [0.5, 0.6) is 0 Å². The summed E-state index contributed by atoms with van der Waals surface area (Å²) in [5, 5.41) is 0. The Morgan fingerprint density at radius 1 is 0.274 bits per heavy atom. The van der Waals surface area contributed by atoms with Crippen LogP contribution < -0.4 is 0 Å². The minimum atomic E-state index is -0.801. The highest BCUT2D eigenvalue weighted by atomic mass is 16.6. The predicted octanol–water partition coefficient (Wildman–Crippen LogP) is 21.6. The highest BCUT2D eigenvalue weighted by Crippen LogP contribution is 2.17. The maximum Gasteiger partial charge on any atom is 0.306 e. The van der Waals surface area contributed by atoms with Crippen LogP contribution in [0.3, 0.4) is 0 Å². The third-order valence-electron chi connectivity index (χ3n) is 14.0. The van der Waals surface area contributed by atoms with Gasteiger partial charge in [0.05, 0.1) is 0 Å². The molecule has 0 aromatic heterocycles. The van der Waals surface area contributed by atoms with E-state index in [2.05, 4.69) is 75.5 Å². The van der Waals surface area contributed by atoms with E-state index in [1.165, 1.54) is 218 Å². The van der Waals surface area contributed by atoms with Gasteiger partial charge in [0.15, 0.2) is 6.10 Å². The number of ether oxygens (including phenoxy) is 3. The van der Waals surface area contributed by atoms with Gasteiger partial charge in [-0.3, -0.25) is 14.4 Å². The van der Waals surface area contributed by atoms with Gasteiger partial charge < -0.3 is 14.2 Å². The second kappa shape index (κ2) is 61.7. The second-order valence-corrected chi connectivity index (χ2v) is 21.3. The Hall–Kier alpha value is -2.89. The van der Waals surface area contributed by atoms with Crippen LogP contribution in [0, 0.1) is 0 Å². The monoisotopic (exact) mass is 1020 g/mol. The van der Waals surface area contributed by atoms with E-state index in [1.807, 2.05) is 6.08 Å². The highest BCUT2D eigenvalue weighted by Gasteiger charge is 2.19. The van der Waals surface area contributed by atoms with Crippen LogP contribution in [0.1, 0.15) is 329 Å². The van der Waals surface area contributed by atoms with Crippen LogP contribution in [0.4, 0.5) is 0 Å². The minimum Gasteiger partial charge on any atom is -0.462 e. The Balaban J connectivity index is 4.40. The Kier molecular flexibility index (Phi) is 59.2. The molecule has 0 aromatic rings. The quantitative estimate of drug-likeness (QED) is 0.0261. The van der Waals surface area contributed by atoms with Gasteiger partial charge >= 0.3 is 17.9 Å². The molecular weight excluding hydrogens is 901 g/mol. The third kappa shape index (κ3) is 59.9. The average Bonchev–Trinajstić information content (AvgIpc) is 3.39. The van der Waals surface area contributed by atoms with Gasteiger partial charge in [-0.2, -0.15) is 0 Å². The molecule has 0 aromatic carbocycles. The molecule has 0 bridgehead atoms. The van der Waals surface area contributed by atoms with Gasteiger partial charge in [0.25, 0.3) is 0 Å². The Bertz CT molecular complexity index is 1310. The molecule has 0 aliphatic rings. The van der Waals surface area contributed by atoms with Crippen molar-refractivity contribution in [3.8, 4) is 0 Å². The van der Waals surface area contributed by atoms with Crippen molar-refractivity contribution in [3.63, 3.8) is 0 Å². The lowest BCUT2D eigenvalue weighted by Gasteiger charge is -2.18. The molecule has 1 atom stereocenters. The molecule has 0 radical (unpaired) electrons. The smallest absolute Gasteiger partial charge is 0.306 e. The number of hydrogen-bond acceptors (Lipinski definition) is 6. The standard InChI is InChI=1S/C67H120O6/c1-4-7-10-13-16-19-22-25-28-30-32-33-35-37-40-42-45-48-51-54-57-60-66(69)72-63-64(73-67(70)61-58-55-52-49-46-43-38-27-24-21-18-15-12-9-6-3)62-71-65(68)59-56-53-50-47-44-41-39-36-34-31-29-26-23-20-17-14-11-8-5-2/h17,20,26,29,34,36,41,44,50,53,64H,4-16,18-19,21-25,27-28,30-33,35,37-40,42-43,45-49,51-52,54-63H2,1-3H3/b20-17-,29-26-,36-34-,44-41-,53-50-/t64-/m1/s1. The van der Waals surface area contributed by atoms with Crippen molar-refractivity contribution in [1.82, 2.24) is 0 Å². The SMILES string of the molecule is CCCCC/C=C\C/C=C\C/C=C\C/C=C\C/C=C\CCC(=O)OC[C@H](COC(=O)CCCCCCCCCCCCCCCCCCCCCCC)OC(=O)CCCCCCCCCCCCCCCCC. The molecule has 0 rings (SSSR count). The molecule has 0 unspecified atom stereocenters. The number of unbranched alkanes of at least 4 members (excludes halogenated alkanes) is 37. The van der Waals surface area contributed by atoms with E-state index in [1.54, 1.807) is 0 Å². The first-order valence-corrected chi connectivity index (χ1v) is 31.8. The summed E-state index contributed by atoms with van der Waals surface area (Å²) in [6.07, 6.45) is 78.1. The number of carbonyl (C=O) groups is 3. The fourth-order valence-corrected chi connectivity index (χ4v) is 9.25. The lowest BCUT2D eigenvalue weighted by Crippen LogP contribution is -2.30. The second-order valence-electron chi connectivity index (χ2n) is 21.3. The van der Waals surface area contributed by atoms with Gasteiger partial charge in [-0.15, -0.1) is 0 Å². The van der Waals surface area contributed by atoms with Crippen molar-refractivity contribution in [1.29, 1.82) is 0 Å². The van der Waals surface area contributed by atoms with Crippen molar-refractivity contribution in [2.45, 2.75) is 335 Å². The van der Waals surface area contributed by atoms with E-state index >= 15 is 0 Å². The van der Waals surface area contributed by atoms with Crippen molar-refractivity contribution in [2.24, 2.45) is 0 Å². The van der Waals surface area contributed by atoms with Crippen LogP contribution >= 0.6 is 0 Å². The van der Waals surface area contributed by atoms with E-state index < -0.39 is 6.10 Å². The van der Waals surface area contributed by atoms with E-state index in [0.29, 0.717) is 19.3 Å². The molecule has 0 spiro atoms. The largest absolute Gasteiger partial charge is 0.462 e. The molecule has 0 aliphatic heterocycles. The molecular formula is C67H120O6. The number of hydrogen-bond donors (Lipinski definition) is 0. The van der Waals surface area contributed by atoms with Gasteiger partial charge in [0.1, 0.15) is 13.2 Å². The highest BCUT2D eigenvalue weighted by molar-refractivity contribution is 5.71. The van der Waals surface area contributed by atoms with Crippen LogP contribution in [-0.4, -0.2) is 37.2 Å². The zero-order valence-electron chi connectivity index (χ0n) is 48.7. The third-order valence-corrected chi connectivity index (χ3v) is 14.0. The summed E-state index contributed by atoms with van der Waals surface area (Å²) in [6.45, 7) is 6.60. The molecule has 0 fully saturated rings. The van der Waals surface area contributed by atoms with E-state index in [4.69, 9.17) is 14.2 Å². The van der Waals surface area contributed by atoms with E-state index in [0.717, 1.165) is 64.2 Å². The summed E-state index contributed by atoms with van der Waals surface area (Å²) in [5.74, 6) is -0.959.